The lowest BCUT2D eigenvalue weighted by molar-refractivity contribution is -0.114. The molecule has 0 fully saturated rings. The van der Waals surface area contributed by atoms with Crippen molar-refractivity contribution in [2.45, 2.75) is 11.8 Å². The second-order valence-corrected chi connectivity index (χ2v) is 9.45. The lowest BCUT2D eigenvalue weighted by Gasteiger charge is -2.11. The fraction of sp³-hybridized carbons (Fsp3) is 0.120. The summed E-state index contributed by atoms with van der Waals surface area (Å²) in [6.45, 7) is 1.50. The van der Waals surface area contributed by atoms with Crippen molar-refractivity contribution >= 4 is 33.0 Å². The topological polar surface area (TPSA) is 131 Å². The molecule has 8 nitrogen and oxygen atoms in total. The summed E-state index contributed by atoms with van der Waals surface area (Å²) in [6.07, 6.45) is 0. The molecule has 0 aliphatic carbocycles. The van der Waals surface area contributed by atoms with Gasteiger partial charge in [-0.15, -0.1) is 0 Å². The van der Waals surface area contributed by atoms with Gasteiger partial charge in [-0.25, -0.2) is 17.9 Å². The van der Waals surface area contributed by atoms with Crippen LogP contribution in [0.2, 0.25) is 0 Å². The highest BCUT2D eigenvalue weighted by molar-refractivity contribution is 7.89. The van der Waals surface area contributed by atoms with E-state index in [9.17, 15) is 17.6 Å². The molecule has 35 heavy (non-hydrogen) atoms. The van der Waals surface area contributed by atoms with Gasteiger partial charge < -0.3 is 16.1 Å². The number of amidine groups is 1. The van der Waals surface area contributed by atoms with E-state index in [-0.39, 0.29) is 16.3 Å². The number of carbonyl (C=O) groups is 1. The summed E-state index contributed by atoms with van der Waals surface area (Å²) < 4.78 is 38.7. The minimum Gasteiger partial charge on any atom is -0.382 e. The van der Waals surface area contributed by atoms with Gasteiger partial charge in [0.1, 0.15) is 0 Å². The van der Waals surface area contributed by atoms with Crippen LogP contribution in [0.25, 0.3) is 16.7 Å². The Kier molecular flexibility index (Phi) is 7.68. The molecule has 1 amide bonds. The molecule has 182 valence electrons. The number of halogens is 1. The van der Waals surface area contributed by atoms with E-state index in [1.165, 1.54) is 13.0 Å². The molecule has 0 unspecified atom stereocenters. The number of amides is 1. The van der Waals surface area contributed by atoms with Crippen molar-refractivity contribution in [1.82, 2.24) is 5.01 Å². The van der Waals surface area contributed by atoms with Gasteiger partial charge in [-0.05, 0) is 47.9 Å². The summed E-state index contributed by atoms with van der Waals surface area (Å²) >= 11 is 0. The normalized spacial score (nSPS) is 12.7. The van der Waals surface area contributed by atoms with E-state index in [0.717, 1.165) is 0 Å². The van der Waals surface area contributed by atoms with Crippen molar-refractivity contribution < 1.29 is 17.6 Å². The van der Waals surface area contributed by atoms with Gasteiger partial charge in [0.2, 0.25) is 10.0 Å². The fourth-order valence-electron chi connectivity index (χ4n) is 3.35. The fourth-order valence-corrected chi connectivity index (χ4v) is 4.11. The average molecular weight is 496 g/mol. The number of nitrogens with one attached hydrogen (secondary N) is 1. The third-order valence-corrected chi connectivity index (χ3v) is 6.04. The Labute approximate surface area is 203 Å². The number of carbonyl (C=O) groups excluding carboxylic acids is 1. The highest BCUT2D eigenvalue weighted by Crippen LogP contribution is 2.28. The summed E-state index contributed by atoms with van der Waals surface area (Å²) in [6, 6.07) is 19.4. The third kappa shape index (κ3) is 6.31. The second kappa shape index (κ2) is 10.5. The van der Waals surface area contributed by atoms with Gasteiger partial charge in [-0.2, -0.15) is 5.10 Å². The molecule has 0 radical (unpaired) electrons. The Morgan fingerprint density at radius 1 is 0.971 bits per heavy atom. The van der Waals surface area contributed by atoms with Gasteiger partial charge in [0.05, 0.1) is 4.90 Å². The molecular weight excluding hydrogens is 469 g/mol. The predicted octanol–water partition coefficient (Wildman–Crippen LogP) is 3.52. The molecule has 0 aromatic heterocycles. The number of sulfonamides is 1. The third-order valence-electron chi connectivity index (χ3n) is 5.08. The second-order valence-electron chi connectivity index (χ2n) is 7.92. The number of primary sulfonamides is 1. The number of hydrogen-bond acceptors (Lipinski definition) is 5. The molecule has 0 aliphatic rings. The zero-order chi connectivity index (χ0) is 25.8. The first-order valence-corrected chi connectivity index (χ1v) is 12.0. The van der Waals surface area contributed by atoms with Crippen LogP contribution in [0.1, 0.15) is 18.1 Å². The molecule has 3 rings (SSSR count). The molecule has 0 bridgehead atoms. The molecule has 0 spiro atoms. The Morgan fingerprint density at radius 2 is 1.60 bits per heavy atom. The number of hydrogen-bond donors (Lipinski definition) is 3. The summed E-state index contributed by atoms with van der Waals surface area (Å²) in [5, 5.41) is 13.5. The Hall–Kier alpha value is -4.02. The Bertz CT molecular complexity index is 1420. The molecule has 0 atom stereocenters. The number of hydrazone groups is 1. The molecule has 0 aliphatic heterocycles. The standard InChI is InChI=1S/C25H26FN5O3S/c1-16(18-7-6-8-19(15-18)24(27)30-31(2)3)23(26)25(32)29-20-13-11-17(12-14-20)21-9-4-5-10-22(21)35(28,33)34/h4-15H,1-3H3,(H2,27,30)(H,29,32)(H2,28,33,34)/b23-16+. The number of nitrogens with two attached hydrogens (primary N) is 2. The first kappa shape index (κ1) is 25.6. The smallest absolute Gasteiger partial charge is 0.284 e. The zero-order valence-corrected chi connectivity index (χ0v) is 20.3. The summed E-state index contributed by atoms with van der Waals surface area (Å²) in [7, 11) is -0.449. The molecule has 0 heterocycles. The first-order chi connectivity index (χ1) is 16.5. The molecule has 0 saturated carbocycles. The van der Waals surface area contributed by atoms with Crippen LogP contribution < -0.4 is 16.2 Å². The van der Waals surface area contributed by atoms with E-state index >= 15 is 0 Å². The number of rotatable bonds is 7. The monoisotopic (exact) mass is 495 g/mol. The molecule has 3 aromatic rings. The van der Waals surface area contributed by atoms with Crippen molar-refractivity contribution in [2.24, 2.45) is 16.0 Å². The number of benzene rings is 3. The minimum atomic E-state index is -3.92. The van der Waals surface area contributed by atoms with Crippen LogP contribution >= 0.6 is 0 Å². The minimum absolute atomic E-state index is 0.0140. The van der Waals surface area contributed by atoms with Gasteiger partial charge >= 0.3 is 0 Å². The Balaban J connectivity index is 1.82. The van der Waals surface area contributed by atoms with E-state index in [1.807, 2.05) is 0 Å². The van der Waals surface area contributed by atoms with E-state index < -0.39 is 21.8 Å². The lowest BCUT2D eigenvalue weighted by atomic mass is 10.0. The van der Waals surface area contributed by atoms with Crippen LogP contribution in [0.4, 0.5) is 10.1 Å². The van der Waals surface area contributed by atoms with Crippen molar-refractivity contribution in [2.75, 3.05) is 19.4 Å². The van der Waals surface area contributed by atoms with E-state index in [0.29, 0.717) is 27.9 Å². The molecule has 3 aromatic carbocycles. The lowest BCUT2D eigenvalue weighted by Crippen LogP contribution is -2.18. The highest BCUT2D eigenvalue weighted by Gasteiger charge is 2.17. The van der Waals surface area contributed by atoms with Gasteiger partial charge in [-0.3, -0.25) is 4.79 Å². The first-order valence-electron chi connectivity index (χ1n) is 10.5. The highest BCUT2D eigenvalue weighted by atomic mass is 32.2. The number of anilines is 1. The zero-order valence-electron chi connectivity index (χ0n) is 19.5. The van der Waals surface area contributed by atoms with Crippen molar-refractivity contribution in [3.8, 4) is 11.1 Å². The molecule has 0 saturated heterocycles. The van der Waals surface area contributed by atoms with Crippen molar-refractivity contribution in [3.05, 3.63) is 89.8 Å². The average Bonchev–Trinajstić information content (AvgIpc) is 2.82. The molecule has 5 N–H and O–H groups in total. The number of allylic oxidation sites excluding steroid dienone is 1. The summed E-state index contributed by atoms with van der Waals surface area (Å²) in [4.78, 5) is 12.5. The maximum absolute atomic E-state index is 14.9. The molecule has 10 heteroatoms. The number of nitrogens with zero attached hydrogens (tertiary/aromatic N) is 2. The van der Waals surface area contributed by atoms with Crippen molar-refractivity contribution in [1.29, 1.82) is 0 Å². The predicted molar refractivity (Wildman–Crippen MR) is 136 cm³/mol. The SMILES string of the molecule is C/C(=C(\F)C(=O)Nc1ccc(-c2ccccc2S(N)(=O)=O)cc1)c1cccc(C(N)=NN(C)C)c1. The summed E-state index contributed by atoms with van der Waals surface area (Å²) in [5.74, 6) is -1.60. The Morgan fingerprint density at radius 3 is 2.23 bits per heavy atom. The quantitative estimate of drug-likeness (QED) is 0.200. The maximum atomic E-state index is 14.9. The van der Waals surface area contributed by atoms with Crippen LogP contribution in [0.15, 0.2) is 88.6 Å². The van der Waals surface area contributed by atoms with Crippen LogP contribution in [0, 0.1) is 0 Å². The van der Waals surface area contributed by atoms with E-state index in [2.05, 4.69) is 10.4 Å². The van der Waals surface area contributed by atoms with Crippen LogP contribution in [0.5, 0.6) is 0 Å². The largest absolute Gasteiger partial charge is 0.382 e. The molecular formula is C25H26FN5O3S. The van der Waals surface area contributed by atoms with Crippen molar-refractivity contribution in [3.63, 3.8) is 0 Å². The maximum Gasteiger partial charge on any atom is 0.284 e. The van der Waals surface area contributed by atoms with Gasteiger partial charge in [0.25, 0.3) is 5.91 Å². The summed E-state index contributed by atoms with van der Waals surface area (Å²) in [5.41, 5.74) is 8.53. The van der Waals surface area contributed by atoms with Crippen LogP contribution in [-0.2, 0) is 14.8 Å². The van der Waals surface area contributed by atoms with E-state index in [1.54, 1.807) is 85.8 Å². The van der Waals surface area contributed by atoms with Crippen LogP contribution in [0.3, 0.4) is 0 Å². The van der Waals surface area contributed by atoms with Gasteiger partial charge in [0, 0.05) is 30.9 Å². The van der Waals surface area contributed by atoms with E-state index in [4.69, 9.17) is 10.9 Å². The van der Waals surface area contributed by atoms with Gasteiger partial charge in [0.15, 0.2) is 11.7 Å². The van der Waals surface area contributed by atoms with Gasteiger partial charge in [-0.1, -0.05) is 48.5 Å². The van der Waals surface area contributed by atoms with Crippen LogP contribution in [-0.4, -0.2) is 39.3 Å².